The van der Waals surface area contributed by atoms with Crippen LogP contribution in [0.3, 0.4) is 0 Å². The topological polar surface area (TPSA) is 114 Å². The van der Waals surface area contributed by atoms with Crippen LogP contribution in [-0.2, 0) is 14.8 Å². The molecule has 0 aliphatic rings. The maximum absolute atomic E-state index is 13.7. The summed E-state index contributed by atoms with van der Waals surface area (Å²) in [6.45, 7) is 2.13. The average Bonchev–Trinajstić information content (AvgIpc) is 2.80. The summed E-state index contributed by atoms with van der Waals surface area (Å²) in [5, 5.41) is 5.11. The van der Waals surface area contributed by atoms with E-state index in [1.165, 1.54) is 42.5 Å². The summed E-state index contributed by atoms with van der Waals surface area (Å²) in [6.07, 6.45) is 0. The third-order valence-corrected chi connectivity index (χ3v) is 5.78. The number of sulfonamides is 1. The second-order valence-corrected chi connectivity index (χ2v) is 8.48. The maximum Gasteiger partial charge on any atom is 0.261 e. The number of benzene rings is 3. The van der Waals surface area contributed by atoms with Crippen LogP contribution in [0, 0.1) is 5.82 Å². The molecule has 2 amide bonds. The molecule has 0 aliphatic heterocycles. The minimum Gasteiger partial charge on any atom is -0.494 e. The second kappa shape index (κ2) is 10.6. The van der Waals surface area contributed by atoms with Gasteiger partial charge in [-0.3, -0.25) is 14.3 Å². The molecule has 3 rings (SSSR count). The van der Waals surface area contributed by atoms with Crippen molar-refractivity contribution in [2.24, 2.45) is 0 Å². The van der Waals surface area contributed by atoms with Gasteiger partial charge in [0, 0.05) is 11.3 Å². The Balaban J connectivity index is 1.55. The van der Waals surface area contributed by atoms with Gasteiger partial charge < -0.3 is 15.4 Å². The largest absolute Gasteiger partial charge is 0.494 e. The van der Waals surface area contributed by atoms with Gasteiger partial charge in [-0.05, 0) is 67.6 Å². The number of anilines is 2. The zero-order chi connectivity index (χ0) is 23.8. The summed E-state index contributed by atoms with van der Waals surface area (Å²) < 4.78 is 46.1. The summed E-state index contributed by atoms with van der Waals surface area (Å²) in [5.41, 5.74) is 0.529. The normalized spacial score (nSPS) is 10.8. The van der Waals surface area contributed by atoms with E-state index in [1.54, 1.807) is 24.3 Å². The molecule has 33 heavy (non-hydrogen) atoms. The highest BCUT2D eigenvalue weighted by Crippen LogP contribution is 2.19. The van der Waals surface area contributed by atoms with Crippen molar-refractivity contribution < 1.29 is 27.1 Å². The lowest BCUT2D eigenvalue weighted by Gasteiger charge is -2.10. The molecule has 0 fully saturated rings. The fraction of sp³-hybridized carbons (Fsp3) is 0.130. The maximum atomic E-state index is 13.7. The molecule has 10 heteroatoms. The van der Waals surface area contributed by atoms with E-state index in [4.69, 9.17) is 4.74 Å². The van der Waals surface area contributed by atoms with Crippen molar-refractivity contribution >= 4 is 33.2 Å². The third-order valence-electron chi connectivity index (χ3n) is 4.40. The third kappa shape index (κ3) is 6.53. The van der Waals surface area contributed by atoms with E-state index in [1.807, 2.05) is 6.92 Å². The van der Waals surface area contributed by atoms with Crippen LogP contribution in [0.1, 0.15) is 17.3 Å². The second-order valence-electron chi connectivity index (χ2n) is 6.80. The zero-order valence-electron chi connectivity index (χ0n) is 17.7. The van der Waals surface area contributed by atoms with Gasteiger partial charge in [0.05, 0.1) is 23.7 Å². The number of hydrogen-bond donors (Lipinski definition) is 3. The molecular weight excluding hydrogens is 449 g/mol. The van der Waals surface area contributed by atoms with Crippen molar-refractivity contribution in [2.75, 3.05) is 23.2 Å². The van der Waals surface area contributed by atoms with Gasteiger partial charge in [-0.1, -0.05) is 12.1 Å². The van der Waals surface area contributed by atoms with Crippen molar-refractivity contribution in [3.8, 4) is 5.75 Å². The molecule has 172 valence electrons. The first-order chi connectivity index (χ1) is 15.8. The molecule has 0 aromatic heterocycles. The number of para-hydroxylation sites is 1. The number of ether oxygens (including phenoxy) is 1. The molecule has 0 heterocycles. The summed E-state index contributed by atoms with van der Waals surface area (Å²) in [4.78, 5) is 24.2. The zero-order valence-corrected chi connectivity index (χ0v) is 18.5. The first kappa shape index (κ1) is 23.7. The van der Waals surface area contributed by atoms with Gasteiger partial charge in [0.15, 0.2) is 0 Å². The highest BCUT2D eigenvalue weighted by molar-refractivity contribution is 7.92. The predicted molar refractivity (Wildman–Crippen MR) is 122 cm³/mol. The summed E-state index contributed by atoms with van der Waals surface area (Å²) in [5.74, 6) is -1.01. The SMILES string of the molecule is CCOc1ccc(NC(=O)CNC(=O)c2ccc(S(=O)(=O)Nc3ccccc3F)cc2)cc1. The van der Waals surface area contributed by atoms with Gasteiger partial charge >= 0.3 is 0 Å². The van der Waals surface area contributed by atoms with Gasteiger partial charge in [0.25, 0.3) is 15.9 Å². The van der Waals surface area contributed by atoms with Crippen LogP contribution < -0.4 is 20.1 Å². The quantitative estimate of drug-likeness (QED) is 0.443. The van der Waals surface area contributed by atoms with E-state index in [2.05, 4.69) is 15.4 Å². The van der Waals surface area contributed by atoms with Crippen molar-refractivity contribution in [2.45, 2.75) is 11.8 Å². The Hall–Kier alpha value is -3.92. The molecule has 0 saturated heterocycles. The highest BCUT2D eigenvalue weighted by Gasteiger charge is 2.17. The van der Waals surface area contributed by atoms with E-state index in [-0.39, 0.29) is 22.7 Å². The lowest BCUT2D eigenvalue weighted by molar-refractivity contribution is -0.115. The van der Waals surface area contributed by atoms with Crippen LogP contribution in [0.4, 0.5) is 15.8 Å². The fourth-order valence-electron chi connectivity index (χ4n) is 2.80. The number of amides is 2. The Kier molecular flexibility index (Phi) is 7.62. The molecule has 0 radical (unpaired) electrons. The van der Waals surface area contributed by atoms with Crippen molar-refractivity contribution in [1.29, 1.82) is 0 Å². The Morgan fingerprint density at radius 3 is 2.24 bits per heavy atom. The number of halogens is 1. The van der Waals surface area contributed by atoms with E-state index in [0.717, 1.165) is 6.07 Å². The molecule has 3 aromatic rings. The molecule has 0 atom stereocenters. The van der Waals surface area contributed by atoms with E-state index < -0.39 is 27.7 Å². The number of hydrogen-bond acceptors (Lipinski definition) is 5. The van der Waals surface area contributed by atoms with Crippen LogP contribution in [0.15, 0.2) is 77.7 Å². The summed E-state index contributed by atoms with van der Waals surface area (Å²) >= 11 is 0. The van der Waals surface area contributed by atoms with E-state index in [0.29, 0.717) is 18.0 Å². The van der Waals surface area contributed by atoms with Crippen molar-refractivity contribution in [1.82, 2.24) is 5.32 Å². The first-order valence-electron chi connectivity index (χ1n) is 9.97. The molecule has 0 saturated carbocycles. The van der Waals surface area contributed by atoms with Crippen LogP contribution >= 0.6 is 0 Å². The minimum absolute atomic E-state index is 0.143. The van der Waals surface area contributed by atoms with Gasteiger partial charge in [-0.15, -0.1) is 0 Å². The van der Waals surface area contributed by atoms with Crippen molar-refractivity contribution in [3.05, 3.63) is 84.2 Å². The first-order valence-corrected chi connectivity index (χ1v) is 11.4. The van der Waals surface area contributed by atoms with E-state index in [9.17, 15) is 22.4 Å². The van der Waals surface area contributed by atoms with Crippen LogP contribution in [0.25, 0.3) is 0 Å². The Morgan fingerprint density at radius 1 is 0.939 bits per heavy atom. The standard InChI is InChI=1S/C23H22FN3O5S/c1-2-32-18-11-9-17(10-12-18)26-22(28)15-25-23(29)16-7-13-19(14-8-16)33(30,31)27-21-6-4-3-5-20(21)24/h3-14,27H,2,15H2,1H3,(H,25,29)(H,26,28). The van der Waals surface area contributed by atoms with E-state index >= 15 is 0 Å². The number of rotatable bonds is 9. The van der Waals surface area contributed by atoms with Gasteiger partial charge in [0.1, 0.15) is 11.6 Å². The van der Waals surface area contributed by atoms with Crippen LogP contribution in [0.2, 0.25) is 0 Å². The van der Waals surface area contributed by atoms with Crippen LogP contribution in [0.5, 0.6) is 5.75 Å². The lowest BCUT2D eigenvalue weighted by atomic mass is 10.2. The number of carbonyl (C=O) groups is 2. The molecule has 3 N–H and O–H groups in total. The molecule has 0 aliphatic carbocycles. The molecule has 0 spiro atoms. The van der Waals surface area contributed by atoms with Gasteiger partial charge in [-0.2, -0.15) is 0 Å². The summed E-state index contributed by atoms with van der Waals surface area (Å²) in [6, 6.07) is 17.2. The molecule has 3 aromatic carbocycles. The minimum atomic E-state index is -4.04. The fourth-order valence-corrected chi connectivity index (χ4v) is 3.87. The molecular formula is C23H22FN3O5S. The molecule has 8 nitrogen and oxygen atoms in total. The number of carbonyl (C=O) groups excluding carboxylic acids is 2. The smallest absolute Gasteiger partial charge is 0.261 e. The lowest BCUT2D eigenvalue weighted by Crippen LogP contribution is -2.32. The monoisotopic (exact) mass is 471 g/mol. The molecule has 0 bridgehead atoms. The highest BCUT2D eigenvalue weighted by atomic mass is 32.2. The summed E-state index contributed by atoms with van der Waals surface area (Å²) in [7, 11) is -4.04. The molecule has 0 unspecified atom stereocenters. The van der Waals surface area contributed by atoms with Crippen LogP contribution in [-0.4, -0.2) is 33.4 Å². The predicted octanol–water partition coefficient (Wildman–Crippen LogP) is 3.39. The van der Waals surface area contributed by atoms with Gasteiger partial charge in [0.2, 0.25) is 5.91 Å². The van der Waals surface area contributed by atoms with Crippen molar-refractivity contribution in [3.63, 3.8) is 0 Å². The Bertz CT molecular complexity index is 1230. The number of nitrogens with one attached hydrogen (secondary N) is 3. The Morgan fingerprint density at radius 2 is 1.61 bits per heavy atom. The Labute approximate surface area is 190 Å². The average molecular weight is 472 g/mol. The van der Waals surface area contributed by atoms with Gasteiger partial charge in [-0.25, -0.2) is 12.8 Å².